The van der Waals surface area contributed by atoms with Crippen molar-refractivity contribution in [3.05, 3.63) is 28.2 Å². The third-order valence-corrected chi connectivity index (χ3v) is 4.53. The first kappa shape index (κ1) is 16.7. The van der Waals surface area contributed by atoms with Gasteiger partial charge in [-0.25, -0.2) is 0 Å². The number of methoxy groups -OCH3 is 1. The maximum atomic E-state index is 5.73. The van der Waals surface area contributed by atoms with E-state index in [0.29, 0.717) is 6.10 Å². The number of ether oxygens (including phenoxy) is 2. The van der Waals surface area contributed by atoms with E-state index in [4.69, 9.17) is 9.47 Å². The molecule has 1 aliphatic rings. The fourth-order valence-electron chi connectivity index (χ4n) is 2.47. The maximum absolute atomic E-state index is 5.73. The summed E-state index contributed by atoms with van der Waals surface area (Å²) in [6, 6.07) is 6.61. The third-order valence-electron chi connectivity index (χ3n) is 3.79. The molecule has 5 heteroatoms. The lowest BCUT2D eigenvalue weighted by Crippen LogP contribution is -2.42. The molecule has 1 atom stereocenters. The molecule has 1 aromatic rings. The number of benzene rings is 1. The highest BCUT2D eigenvalue weighted by molar-refractivity contribution is 9.10. The van der Waals surface area contributed by atoms with Crippen LogP contribution in [0.5, 0.6) is 0 Å². The molecule has 1 aliphatic heterocycles. The summed E-state index contributed by atoms with van der Waals surface area (Å²) >= 11 is 3.69. The molecule has 118 valence electrons. The Bertz CT molecular complexity index is 442. The van der Waals surface area contributed by atoms with Gasteiger partial charge in [-0.1, -0.05) is 28.9 Å². The van der Waals surface area contributed by atoms with Crippen LogP contribution < -0.4 is 10.2 Å². The van der Waals surface area contributed by atoms with Gasteiger partial charge >= 0.3 is 0 Å². The van der Waals surface area contributed by atoms with E-state index < -0.39 is 0 Å². The fraction of sp³-hybridized carbons (Fsp3) is 0.625. The van der Waals surface area contributed by atoms with Crippen molar-refractivity contribution < 1.29 is 9.47 Å². The van der Waals surface area contributed by atoms with Gasteiger partial charge in [0, 0.05) is 43.4 Å². The van der Waals surface area contributed by atoms with Crippen LogP contribution in [0, 0.1) is 0 Å². The van der Waals surface area contributed by atoms with Gasteiger partial charge in [-0.15, -0.1) is 0 Å². The van der Waals surface area contributed by atoms with Crippen LogP contribution in [0.1, 0.15) is 18.9 Å². The number of hydrogen-bond donors (Lipinski definition) is 1. The summed E-state index contributed by atoms with van der Waals surface area (Å²) in [6.07, 6.45) is 1.42. The number of hydrogen-bond acceptors (Lipinski definition) is 4. The van der Waals surface area contributed by atoms with Gasteiger partial charge in [0.15, 0.2) is 0 Å². The zero-order valence-corrected chi connectivity index (χ0v) is 14.5. The minimum Gasteiger partial charge on any atom is -0.383 e. The van der Waals surface area contributed by atoms with E-state index in [9.17, 15) is 0 Å². The molecule has 4 nitrogen and oxygen atoms in total. The van der Waals surface area contributed by atoms with E-state index in [1.54, 1.807) is 7.11 Å². The average Bonchev–Trinajstić information content (AvgIpc) is 2.53. The monoisotopic (exact) mass is 356 g/mol. The van der Waals surface area contributed by atoms with Crippen molar-refractivity contribution in [2.75, 3.05) is 44.9 Å². The van der Waals surface area contributed by atoms with Gasteiger partial charge in [0.25, 0.3) is 0 Å². The number of nitrogens with zero attached hydrogens (tertiary/aromatic N) is 1. The molecule has 0 bridgehead atoms. The van der Waals surface area contributed by atoms with Crippen molar-refractivity contribution in [1.82, 2.24) is 5.32 Å². The van der Waals surface area contributed by atoms with Gasteiger partial charge in [0.1, 0.15) is 0 Å². The lowest BCUT2D eigenvalue weighted by molar-refractivity contribution is 0.0384. The molecule has 0 aliphatic carbocycles. The van der Waals surface area contributed by atoms with Crippen molar-refractivity contribution >= 4 is 21.6 Å². The van der Waals surface area contributed by atoms with Gasteiger partial charge in [-0.05, 0) is 24.1 Å². The smallest absolute Gasteiger partial charge is 0.0748 e. The molecule has 1 aromatic carbocycles. The SMILES string of the molecule is CCC1CN(c2ccc(CNCCOC)c(Br)c2)CCO1. The summed E-state index contributed by atoms with van der Waals surface area (Å²) in [5.74, 6) is 0. The largest absolute Gasteiger partial charge is 0.383 e. The first-order valence-electron chi connectivity index (χ1n) is 7.59. The highest BCUT2D eigenvalue weighted by Crippen LogP contribution is 2.26. The van der Waals surface area contributed by atoms with E-state index >= 15 is 0 Å². The predicted molar refractivity (Wildman–Crippen MR) is 90.0 cm³/mol. The number of rotatable bonds is 7. The van der Waals surface area contributed by atoms with Gasteiger partial charge < -0.3 is 19.7 Å². The number of nitrogens with one attached hydrogen (secondary N) is 1. The molecule has 2 rings (SSSR count). The molecular weight excluding hydrogens is 332 g/mol. The first-order valence-corrected chi connectivity index (χ1v) is 8.38. The standard InChI is InChI=1S/C16H25BrN2O2/c1-3-15-12-19(7-9-21-15)14-5-4-13(16(17)10-14)11-18-6-8-20-2/h4-5,10,15,18H,3,6-9,11-12H2,1-2H3. The van der Waals surface area contributed by atoms with Crippen LogP contribution in [0.25, 0.3) is 0 Å². The normalized spacial score (nSPS) is 19.0. The minimum absolute atomic E-state index is 0.355. The van der Waals surface area contributed by atoms with Crippen LogP contribution in [-0.2, 0) is 16.0 Å². The van der Waals surface area contributed by atoms with Gasteiger partial charge in [0.2, 0.25) is 0 Å². The average molecular weight is 357 g/mol. The van der Waals surface area contributed by atoms with E-state index in [1.165, 1.54) is 11.3 Å². The summed E-state index contributed by atoms with van der Waals surface area (Å²) in [4.78, 5) is 2.41. The lowest BCUT2D eigenvalue weighted by Gasteiger charge is -2.34. The molecule has 21 heavy (non-hydrogen) atoms. The first-order chi connectivity index (χ1) is 10.2. The Morgan fingerprint density at radius 1 is 1.48 bits per heavy atom. The Balaban J connectivity index is 1.94. The van der Waals surface area contributed by atoms with Crippen molar-refractivity contribution in [2.24, 2.45) is 0 Å². The topological polar surface area (TPSA) is 33.7 Å². The van der Waals surface area contributed by atoms with Crippen LogP contribution in [0.15, 0.2) is 22.7 Å². The summed E-state index contributed by atoms with van der Waals surface area (Å²) in [7, 11) is 1.72. The quantitative estimate of drug-likeness (QED) is 0.761. The number of anilines is 1. The summed E-state index contributed by atoms with van der Waals surface area (Å²) in [5.41, 5.74) is 2.54. The molecule has 0 saturated carbocycles. The Morgan fingerprint density at radius 2 is 2.33 bits per heavy atom. The summed E-state index contributed by atoms with van der Waals surface area (Å²) < 4.78 is 11.9. The molecular formula is C16H25BrN2O2. The Kier molecular flexibility index (Phi) is 6.96. The highest BCUT2D eigenvalue weighted by atomic mass is 79.9. The third kappa shape index (κ3) is 4.95. The Hall–Kier alpha value is -0.620. The maximum Gasteiger partial charge on any atom is 0.0748 e. The minimum atomic E-state index is 0.355. The van der Waals surface area contributed by atoms with E-state index in [2.05, 4.69) is 51.3 Å². The van der Waals surface area contributed by atoms with E-state index in [1.807, 2.05) is 0 Å². The molecule has 1 saturated heterocycles. The summed E-state index contributed by atoms with van der Waals surface area (Å²) in [6.45, 7) is 7.40. The van der Waals surface area contributed by atoms with Crippen LogP contribution in [0.2, 0.25) is 0 Å². The summed E-state index contributed by atoms with van der Waals surface area (Å²) in [5, 5.41) is 3.37. The zero-order chi connectivity index (χ0) is 15.1. The van der Waals surface area contributed by atoms with Gasteiger partial charge in [0.05, 0.1) is 19.3 Å². The van der Waals surface area contributed by atoms with Crippen molar-refractivity contribution in [3.63, 3.8) is 0 Å². The second-order valence-electron chi connectivity index (χ2n) is 5.29. The number of halogens is 1. The molecule has 0 aromatic heterocycles. The van der Waals surface area contributed by atoms with Crippen LogP contribution in [0.3, 0.4) is 0 Å². The zero-order valence-electron chi connectivity index (χ0n) is 12.9. The van der Waals surface area contributed by atoms with Gasteiger partial charge in [-0.3, -0.25) is 0 Å². The molecule has 1 unspecified atom stereocenters. The highest BCUT2D eigenvalue weighted by Gasteiger charge is 2.19. The molecule has 1 fully saturated rings. The second kappa shape index (κ2) is 8.73. The Morgan fingerprint density at radius 3 is 3.05 bits per heavy atom. The van der Waals surface area contributed by atoms with Crippen molar-refractivity contribution in [3.8, 4) is 0 Å². The Labute approximate surface area is 135 Å². The molecule has 0 spiro atoms. The predicted octanol–water partition coefficient (Wildman–Crippen LogP) is 2.80. The van der Waals surface area contributed by atoms with E-state index in [-0.39, 0.29) is 0 Å². The second-order valence-corrected chi connectivity index (χ2v) is 6.15. The van der Waals surface area contributed by atoms with Crippen molar-refractivity contribution in [1.29, 1.82) is 0 Å². The molecule has 0 amide bonds. The van der Waals surface area contributed by atoms with E-state index in [0.717, 1.165) is 50.3 Å². The number of morpholine rings is 1. The fourth-order valence-corrected chi connectivity index (χ4v) is 2.98. The molecule has 1 heterocycles. The van der Waals surface area contributed by atoms with Crippen LogP contribution in [-0.4, -0.2) is 46.1 Å². The van der Waals surface area contributed by atoms with Gasteiger partial charge in [-0.2, -0.15) is 0 Å². The van der Waals surface area contributed by atoms with Crippen LogP contribution >= 0.6 is 15.9 Å². The van der Waals surface area contributed by atoms with Crippen LogP contribution in [0.4, 0.5) is 5.69 Å². The van der Waals surface area contributed by atoms with Crippen molar-refractivity contribution in [2.45, 2.75) is 26.0 Å². The molecule has 1 N–H and O–H groups in total. The lowest BCUT2D eigenvalue weighted by atomic mass is 10.1. The molecule has 0 radical (unpaired) electrons.